The molecular formula is C21H25NO5S. The highest BCUT2D eigenvalue weighted by Crippen LogP contribution is 2.39. The van der Waals surface area contributed by atoms with Crippen LogP contribution in [0.4, 0.5) is 0 Å². The van der Waals surface area contributed by atoms with Gasteiger partial charge in [-0.15, -0.1) is 0 Å². The van der Waals surface area contributed by atoms with Crippen LogP contribution in [-0.2, 0) is 9.84 Å². The monoisotopic (exact) mass is 403 g/mol. The normalized spacial score (nSPS) is 16.9. The van der Waals surface area contributed by atoms with Crippen molar-refractivity contribution in [2.45, 2.75) is 30.7 Å². The van der Waals surface area contributed by atoms with Crippen LogP contribution in [-0.4, -0.2) is 46.2 Å². The molecule has 1 fully saturated rings. The number of hydrogen-bond donors (Lipinski definition) is 0. The maximum Gasteiger partial charge on any atom is 0.254 e. The molecule has 1 amide bonds. The lowest BCUT2D eigenvalue weighted by molar-refractivity contribution is 0.0733. The van der Waals surface area contributed by atoms with E-state index in [0.29, 0.717) is 23.6 Å². The number of hydrogen-bond acceptors (Lipinski definition) is 5. The zero-order valence-electron chi connectivity index (χ0n) is 16.6. The van der Waals surface area contributed by atoms with E-state index in [2.05, 4.69) is 0 Å². The van der Waals surface area contributed by atoms with Crippen LogP contribution in [0.25, 0.3) is 0 Å². The van der Waals surface area contributed by atoms with Gasteiger partial charge in [-0.25, -0.2) is 8.42 Å². The Kier molecular flexibility index (Phi) is 5.65. The Hall–Kier alpha value is -2.54. The fraction of sp³-hybridized carbons (Fsp3) is 0.381. The lowest BCUT2D eigenvalue weighted by Crippen LogP contribution is -2.31. The van der Waals surface area contributed by atoms with Gasteiger partial charge in [0, 0.05) is 23.9 Å². The Morgan fingerprint density at radius 1 is 1.11 bits per heavy atom. The van der Waals surface area contributed by atoms with Gasteiger partial charge in [0.25, 0.3) is 5.91 Å². The Bertz CT molecular complexity index is 1000. The van der Waals surface area contributed by atoms with Crippen LogP contribution < -0.4 is 9.47 Å². The molecule has 1 aliphatic heterocycles. The van der Waals surface area contributed by atoms with Crippen molar-refractivity contribution in [3.8, 4) is 11.5 Å². The third kappa shape index (κ3) is 3.85. The number of carbonyl (C=O) groups excluding carboxylic acids is 1. The molecule has 0 saturated carbocycles. The largest absolute Gasteiger partial charge is 0.497 e. The van der Waals surface area contributed by atoms with Crippen LogP contribution in [0.3, 0.4) is 0 Å². The SMILES string of the molecule is COc1ccc(OC)c(C2CCCN2C(=O)c2cc(S(C)(=O)=O)ccc2C)c1. The van der Waals surface area contributed by atoms with E-state index >= 15 is 0 Å². The number of benzene rings is 2. The summed E-state index contributed by atoms with van der Waals surface area (Å²) in [5.74, 6) is 1.23. The molecule has 1 aliphatic rings. The molecule has 0 aliphatic carbocycles. The van der Waals surface area contributed by atoms with E-state index in [1.807, 2.05) is 25.1 Å². The molecule has 0 aromatic heterocycles. The van der Waals surface area contributed by atoms with Crippen molar-refractivity contribution in [1.82, 2.24) is 4.90 Å². The summed E-state index contributed by atoms with van der Waals surface area (Å²) in [5, 5.41) is 0. The molecule has 1 unspecified atom stereocenters. The predicted molar refractivity (Wildman–Crippen MR) is 107 cm³/mol. The van der Waals surface area contributed by atoms with Crippen molar-refractivity contribution in [3.63, 3.8) is 0 Å². The van der Waals surface area contributed by atoms with Crippen LogP contribution in [0, 0.1) is 6.92 Å². The first-order chi connectivity index (χ1) is 13.3. The molecule has 7 heteroatoms. The lowest BCUT2D eigenvalue weighted by Gasteiger charge is -2.27. The quantitative estimate of drug-likeness (QED) is 0.765. The van der Waals surface area contributed by atoms with Gasteiger partial charge < -0.3 is 14.4 Å². The molecule has 150 valence electrons. The van der Waals surface area contributed by atoms with Crippen LogP contribution in [0.15, 0.2) is 41.3 Å². The molecule has 0 spiro atoms. The van der Waals surface area contributed by atoms with Gasteiger partial charge in [-0.1, -0.05) is 6.07 Å². The summed E-state index contributed by atoms with van der Waals surface area (Å²) in [5.41, 5.74) is 2.06. The number of likely N-dealkylation sites (tertiary alicyclic amines) is 1. The van der Waals surface area contributed by atoms with E-state index in [1.54, 1.807) is 25.2 Å². The van der Waals surface area contributed by atoms with E-state index < -0.39 is 9.84 Å². The van der Waals surface area contributed by atoms with Gasteiger partial charge in [0.2, 0.25) is 0 Å². The van der Waals surface area contributed by atoms with Crippen molar-refractivity contribution >= 4 is 15.7 Å². The summed E-state index contributed by atoms with van der Waals surface area (Å²) in [4.78, 5) is 15.3. The number of ether oxygens (including phenoxy) is 2. The summed E-state index contributed by atoms with van der Waals surface area (Å²) in [7, 11) is -0.188. The molecule has 2 aromatic carbocycles. The molecule has 0 N–H and O–H groups in total. The molecule has 3 rings (SSSR count). The van der Waals surface area contributed by atoms with Crippen LogP contribution >= 0.6 is 0 Å². The van der Waals surface area contributed by atoms with Gasteiger partial charge in [-0.05, 0) is 55.7 Å². The predicted octanol–water partition coefficient (Wildman–Crippen LogP) is 3.39. The van der Waals surface area contributed by atoms with Crippen molar-refractivity contribution in [2.75, 3.05) is 27.0 Å². The van der Waals surface area contributed by atoms with Gasteiger partial charge in [0.1, 0.15) is 11.5 Å². The summed E-state index contributed by atoms with van der Waals surface area (Å²) in [6, 6.07) is 10.1. The van der Waals surface area contributed by atoms with Gasteiger partial charge in [-0.2, -0.15) is 0 Å². The van der Waals surface area contributed by atoms with Gasteiger partial charge >= 0.3 is 0 Å². The average molecular weight is 404 g/mol. The third-order valence-corrected chi connectivity index (χ3v) is 6.29. The van der Waals surface area contributed by atoms with Crippen molar-refractivity contribution in [1.29, 1.82) is 0 Å². The molecule has 2 aromatic rings. The topological polar surface area (TPSA) is 72.9 Å². The third-order valence-electron chi connectivity index (χ3n) is 5.18. The maximum absolute atomic E-state index is 13.3. The lowest BCUT2D eigenvalue weighted by atomic mass is 10.0. The highest BCUT2D eigenvalue weighted by molar-refractivity contribution is 7.90. The summed E-state index contributed by atoms with van der Waals surface area (Å²) in [6.07, 6.45) is 2.81. The minimum atomic E-state index is -3.39. The van der Waals surface area contributed by atoms with Crippen LogP contribution in [0.5, 0.6) is 11.5 Å². The number of sulfone groups is 1. The molecular weight excluding hydrogens is 378 g/mol. The number of carbonyl (C=O) groups is 1. The minimum Gasteiger partial charge on any atom is -0.497 e. The fourth-order valence-corrected chi connectivity index (χ4v) is 4.30. The Morgan fingerprint density at radius 3 is 2.50 bits per heavy atom. The molecule has 0 radical (unpaired) electrons. The van der Waals surface area contributed by atoms with E-state index in [9.17, 15) is 13.2 Å². The molecule has 1 heterocycles. The number of amides is 1. The average Bonchev–Trinajstić information content (AvgIpc) is 3.16. The number of nitrogens with zero attached hydrogens (tertiary/aromatic N) is 1. The molecule has 1 saturated heterocycles. The van der Waals surface area contributed by atoms with E-state index in [0.717, 1.165) is 30.2 Å². The summed E-state index contributed by atoms with van der Waals surface area (Å²) < 4.78 is 34.7. The second kappa shape index (κ2) is 7.83. The first-order valence-electron chi connectivity index (χ1n) is 9.10. The summed E-state index contributed by atoms with van der Waals surface area (Å²) >= 11 is 0. The van der Waals surface area contributed by atoms with Crippen molar-refractivity contribution in [2.24, 2.45) is 0 Å². The second-order valence-corrected chi connectivity index (χ2v) is 9.03. The fourth-order valence-electron chi connectivity index (χ4n) is 3.65. The first-order valence-corrected chi connectivity index (χ1v) is 11.0. The second-order valence-electron chi connectivity index (χ2n) is 7.01. The first kappa shape index (κ1) is 20.2. The van der Waals surface area contributed by atoms with E-state index in [1.165, 1.54) is 12.1 Å². The van der Waals surface area contributed by atoms with Crippen molar-refractivity contribution < 1.29 is 22.7 Å². The molecule has 0 bridgehead atoms. The minimum absolute atomic E-state index is 0.149. The van der Waals surface area contributed by atoms with E-state index in [-0.39, 0.29) is 16.8 Å². The van der Waals surface area contributed by atoms with Crippen molar-refractivity contribution in [3.05, 3.63) is 53.1 Å². The molecule has 6 nitrogen and oxygen atoms in total. The van der Waals surface area contributed by atoms with Crippen LogP contribution in [0.2, 0.25) is 0 Å². The van der Waals surface area contributed by atoms with Crippen LogP contribution in [0.1, 0.15) is 40.4 Å². The highest BCUT2D eigenvalue weighted by atomic mass is 32.2. The smallest absolute Gasteiger partial charge is 0.254 e. The van der Waals surface area contributed by atoms with Gasteiger partial charge in [0.15, 0.2) is 9.84 Å². The maximum atomic E-state index is 13.3. The Morgan fingerprint density at radius 2 is 1.86 bits per heavy atom. The number of rotatable bonds is 5. The highest BCUT2D eigenvalue weighted by Gasteiger charge is 2.33. The zero-order chi connectivity index (χ0) is 20.5. The number of methoxy groups -OCH3 is 2. The summed E-state index contributed by atoms with van der Waals surface area (Å²) in [6.45, 7) is 2.42. The Labute approximate surface area is 166 Å². The van der Waals surface area contributed by atoms with Gasteiger partial charge in [0.05, 0.1) is 25.2 Å². The number of aryl methyl sites for hydroxylation is 1. The van der Waals surface area contributed by atoms with E-state index in [4.69, 9.17) is 9.47 Å². The Balaban J connectivity index is 2.01. The molecule has 28 heavy (non-hydrogen) atoms. The van der Waals surface area contributed by atoms with Gasteiger partial charge in [-0.3, -0.25) is 4.79 Å². The zero-order valence-corrected chi connectivity index (χ0v) is 17.4. The standard InChI is InChI=1S/C21H25NO5S/c1-14-7-9-16(28(4,24)25)13-17(14)21(23)22-11-5-6-19(22)18-12-15(26-2)8-10-20(18)27-3/h7-10,12-13,19H,5-6,11H2,1-4H3. The molecule has 1 atom stereocenters.